The summed E-state index contributed by atoms with van der Waals surface area (Å²) in [6.45, 7) is 5.30. The molecule has 3 nitrogen and oxygen atoms in total. The summed E-state index contributed by atoms with van der Waals surface area (Å²) in [6.07, 6.45) is 0. The van der Waals surface area contributed by atoms with Gasteiger partial charge in [-0.25, -0.2) is 8.42 Å². The SMILES string of the molecule is Cc1ccccc1C(N)CS(=O)(=O)C(C)C. The third kappa shape index (κ3) is 3.06. The first-order valence-corrected chi connectivity index (χ1v) is 7.09. The Balaban J connectivity index is 2.89. The summed E-state index contributed by atoms with van der Waals surface area (Å²) in [5, 5.41) is -0.373. The van der Waals surface area contributed by atoms with Crippen LogP contribution in [0.25, 0.3) is 0 Å². The monoisotopic (exact) mass is 241 g/mol. The number of nitrogens with two attached hydrogens (primary N) is 1. The van der Waals surface area contributed by atoms with Crippen LogP contribution in [0.5, 0.6) is 0 Å². The van der Waals surface area contributed by atoms with Crippen LogP contribution in [0.4, 0.5) is 0 Å². The molecule has 1 aromatic carbocycles. The highest BCUT2D eigenvalue weighted by molar-refractivity contribution is 7.92. The molecule has 1 aromatic rings. The predicted molar refractivity (Wildman–Crippen MR) is 67.0 cm³/mol. The summed E-state index contributed by atoms with van der Waals surface area (Å²) in [5.74, 6) is 0.00944. The Labute approximate surface area is 97.6 Å². The van der Waals surface area contributed by atoms with Crippen LogP contribution in [0.15, 0.2) is 24.3 Å². The fourth-order valence-corrected chi connectivity index (χ4v) is 2.60. The van der Waals surface area contributed by atoms with Gasteiger partial charge in [0.1, 0.15) is 0 Å². The Morgan fingerprint density at radius 3 is 2.31 bits per heavy atom. The molecule has 2 N–H and O–H groups in total. The summed E-state index contributed by atoms with van der Waals surface area (Å²) >= 11 is 0. The minimum absolute atomic E-state index is 0.00944. The van der Waals surface area contributed by atoms with Crippen LogP contribution >= 0.6 is 0 Å². The average molecular weight is 241 g/mol. The summed E-state index contributed by atoms with van der Waals surface area (Å²) in [4.78, 5) is 0. The molecule has 0 fully saturated rings. The van der Waals surface area contributed by atoms with E-state index in [1.807, 2.05) is 31.2 Å². The largest absolute Gasteiger partial charge is 0.323 e. The van der Waals surface area contributed by atoms with Crippen molar-refractivity contribution in [1.29, 1.82) is 0 Å². The van der Waals surface area contributed by atoms with E-state index in [2.05, 4.69) is 0 Å². The standard InChI is InChI=1S/C12H19NO2S/c1-9(2)16(14,15)8-12(13)11-7-5-4-6-10(11)3/h4-7,9,12H,8,13H2,1-3H3. The molecule has 0 bridgehead atoms. The van der Waals surface area contributed by atoms with E-state index in [1.165, 1.54) is 0 Å². The highest BCUT2D eigenvalue weighted by atomic mass is 32.2. The van der Waals surface area contributed by atoms with Crippen LogP contribution in [0.2, 0.25) is 0 Å². The van der Waals surface area contributed by atoms with Crippen molar-refractivity contribution in [2.45, 2.75) is 32.1 Å². The van der Waals surface area contributed by atoms with Gasteiger partial charge in [-0.2, -0.15) is 0 Å². The zero-order valence-electron chi connectivity index (χ0n) is 9.97. The van der Waals surface area contributed by atoms with Gasteiger partial charge in [-0.3, -0.25) is 0 Å². The van der Waals surface area contributed by atoms with Crippen LogP contribution in [-0.2, 0) is 9.84 Å². The van der Waals surface area contributed by atoms with Crippen molar-refractivity contribution < 1.29 is 8.42 Å². The van der Waals surface area contributed by atoms with Crippen molar-refractivity contribution in [3.63, 3.8) is 0 Å². The van der Waals surface area contributed by atoms with Gasteiger partial charge < -0.3 is 5.73 Å². The maximum absolute atomic E-state index is 11.7. The maximum atomic E-state index is 11.7. The molecule has 0 heterocycles. The molecule has 0 aromatic heterocycles. The Kier molecular flexibility index (Phi) is 4.10. The molecule has 0 amide bonds. The molecule has 1 rings (SSSR count). The van der Waals surface area contributed by atoms with Gasteiger partial charge >= 0.3 is 0 Å². The third-order valence-corrected chi connectivity index (χ3v) is 4.98. The fourth-order valence-electron chi connectivity index (χ4n) is 1.54. The van der Waals surface area contributed by atoms with Crippen molar-refractivity contribution in [3.8, 4) is 0 Å². The first-order valence-electron chi connectivity index (χ1n) is 5.37. The first-order chi connectivity index (χ1) is 7.34. The minimum Gasteiger partial charge on any atom is -0.323 e. The minimum atomic E-state index is -3.09. The third-order valence-electron chi connectivity index (χ3n) is 2.72. The van der Waals surface area contributed by atoms with Gasteiger partial charge in [0.05, 0.1) is 11.0 Å². The Bertz CT molecular complexity index is 452. The van der Waals surface area contributed by atoms with E-state index in [1.54, 1.807) is 13.8 Å². The molecule has 0 aliphatic heterocycles. The zero-order valence-corrected chi connectivity index (χ0v) is 10.8. The lowest BCUT2D eigenvalue weighted by molar-refractivity contribution is 0.580. The molecule has 0 radical (unpaired) electrons. The summed E-state index contributed by atoms with van der Waals surface area (Å²) < 4.78 is 23.5. The van der Waals surface area contributed by atoms with Gasteiger partial charge in [0.15, 0.2) is 9.84 Å². The van der Waals surface area contributed by atoms with Crippen LogP contribution in [0.1, 0.15) is 31.0 Å². The lowest BCUT2D eigenvalue weighted by Crippen LogP contribution is -2.27. The van der Waals surface area contributed by atoms with Gasteiger partial charge in [-0.05, 0) is 31.9 Å². The van der Waals surface area contributed by atoms with Crippen LogP contribution in [0.3, 0.4) is 0 Å². The van der Waals surface area contributed by atoms with Gasteiger partial charge in [-0.1, -0.05) is 24.3 Å². The molecular weight excluding hydrogens is 222 g/mol. The number of sulfone groups is 1. The van der Waals surface area contributed by atoms with E-state index in [0.29, 0.717) is 0 Å². The molecule has 90 valence electrons. The molecule has 0 spiro atoms. The van der Waals surface area contributed by atoms with Crippen molar-refractivity contribution >= 4 is 9.84 Å². The van der Waals surface area contributed by atoms with Crippen molar-refractivity contribution in [2.24, 2.45) is 5.73 Å². The molecule has 0 aliphatic carbocycles. The van der Waals surface area contributed by atoms with Crippen LogP contribution < -0.4 is 5.73 Å². The second-order valence-corrected chi connectivity index (χ2v) is 6.94. The normalized spacial score (nSPS) is 14.1. The topological polar surface area (TPSA) is 60.2 Å². The van der Waals surface area contributed by atoms with Crippen molar-refractivity contribution in [1.82, 2.24) is 0 Å². The number of hydrogen-bond donors (Lipinski definition) is 1. The Morgan fingerprint density at radius 2 is 1.81 bits per heavy atom. The zero-order chi connectivity index (χ0) is 12.3. The van der Waals surface area contributed by atoms with Crippen LogP contribution in [0, 0.1) is 6.92 Å². The molecule has 0 saturated carbocycles. The molecule has 1 unspecified atom stereocenters. The lowest BCUT2D eigenvalue weighted by Gasteiger charge is -2.16. The second kappa shape index (κ2) is 4.97. The van der Waals surface area contributed by atoms with E-state index >= 15 is 0 Å². The quantitative estimate of drug-likeness (QED) is 0.874. The maximum Gasteiger partial charge on any atom is 0.154 e. The molecule has 16 heavy (non-hydrogen) atoms. The van der Waals surface area contributed by atoms with Crippen molar-refractivity contribution in [2.75, 3.05) is 5.75 Å². The fraction of sp³-hybridized carbons (Fsp3) is 0.500. The summed E-state index contributed by atoms with van der Waals surface area (Å²) in [7, 11) is -3.09. The smallest absolute Gasteiger partial charge is 0.154 e. The Morgan fingerprint density at radius 1 is 1.25 bits per heavy atom. The number of aryl methyl sites for hydroxylation is 1. The first kappa shape index (κ1) is 13.2. The van der Waals surface area contributed by atoms with Gasteiger partial charge in [0, 0.05) is 6.04 Å². The predicted octanol–water partition coefficient (Wildman–Crippen LogP) is 1.82. The van der Waals surface area contributed by atoms with E-state index in [-0.39, 0.29) is 11.0 Å². The Hall–Kier alpha value is -0.870. The second-order valence-electron chi connectivity index (χ2n) is 4.34. The van der Waals surface area contributed by atoms with E-state index in [9.17, 15) is 8.42 Å². The average Bonchev–Trinajstić information content (AvgIpc) is 2.17. The van der Waals surface area contributed by atoms with E-state index < -0.39 is 15.9 Å². The molecular formula is C12H19NO2S. The van der Waals surface area contributed by atoms with Crippen LogP contribution in [-0.4, -0.2) is 19.4 Å². The molecule has 0 saturated heterocycles. The number of hydrogen-bond acceptors (Lipinski definition) is 3. The van der Waals surface area contributed by atoms with Gasteiger partial charge in [0.2, 0.25) is 0 Å². The molecule has 1 atom stereocenters. The van der Waals surface area contributed by atoms with Gasteiger partial charge in [-0.15, -0.1) is 0 Å². The lowest BCUT2D eigenvalue weighted by atomic mass is 10.0. The van der Waals surface area contributed by atoms with E-state index in [4.69, 9.17) is 5.73 Å². The van der Waals surface area contributed by atoms with E-state index in [0.717, 1.165) is 11.1 Å². The summed E-state index contributed by atoms with van der Waals surface area (Å²) in [5.41, 5.74) is 7.89. The number of rotatable bonds is 4. The van der Waals surface area contributed by atoms with Crippen molar-refractivity contribution in [3.05, 3.63) is 35.4 Å². The molecule has 4 heteroatoms. The number of benzene rings is 1. The summed E-state index contributed by atoms with van der Waals surface area (Å²) in [6, 6.07) is 7.19. The van der Waals surface area contributed by atoms with Gasteiger partial charge in [0.25, 0.3) is 0 Å². The highest BCUT2D eigenvalue weighted by Gasteiger charge is 2.21. The highest BCUT2D eigenvalue weighted by Crippen LogP contribution is 2.18. The molecule has 0 aliphatic rings.